The molecule has 0 radical (unpaired) electrons. The van der Waals surface area contributed by atoms with Gasteiger partial charge in [0, 0.05) is 12.6 Å². The van der Waals surface area contributed by atoms with Crippen molar-refractivity contribution in [2.45, 2.75) is 85.9 Å². The minimum Gasteiger partial charge on any atom is -0.337 e. The summed E-state index contributed by atoms with van der Waals surface area (Å²) in [6.45, 7) is 14.8. The van der Waals surface area contributed by atoms with Crippen molar-refractivity contribution in [3.63, 3.8) is 0 Å². The van der Waals surface area contributed by atoms with Gasteiger partial charge in [0.25, 0.3) is 0 Å². The van der Waals surface area contributed by atoms with Crippen molar-refractivity contribution in [3.8, 4) is 0 Å². The highest BCUT2D eigenvalue weighted by atomic mass is 15.6. The highest BCUT2D eigenvalue weighted by Crippen LogP contribution is 2.29. The van der Waals surface area contributed by atoms with E-state index in [1.165, 1.54) is 32.1 Å². The largest absolute Gasteiger partial charge is 0.337 e. The second-order valence-electron chi connectivity index (χ2n) is 7.24. The van der Waals surface area contributed by atoms with Gasteiger partial charge in [-0.25, -0.2) is 0 Å². The molecule has 19 heavy (non-hydrogen) atoms. The summed E-state index contributed by atoms with van der Waals surface area (Å²) >= 11 is 0. The van der Waals surface area contributed by atoms with Gasteiger partial charge in [0.05, 0.1) is 0 Å². The number of nitrogens with zero attached hydrogens (tertiary/aromatic N) is 3. The van der Waals surface area contributed by atoms with Gasteiger partial charge in [0.2, 0.25) is 0 Å². The van der Waals surface area contributed by atoms with Crippen LogP contribution in [0.25, 0.3) is 0 Å². The van der Waals surface area contributed by atoms with E-state index in [0.29, 0.717) is 17.6 Å². The molecule has 0 bridgehead atoms. The van der Waals surface area contributed by atoms with Crippen LogP contribution in [0.15, 0.2) is 5.10 Å². The standard InChI is InChI=1S/C16H33N3/c1-7-8-9-10-11-19-15(12-16(4,5)6)18(13-17-19)14(2)3/h13-15H,7-12H2,1-6H3. The fourth-order valence-corrected chi connectivity index (χ4v) is 2.58. The van der Waals surface area contributed by atoms with Crippen molar-refractivity contribution in [2.75, 3.05) is 6.54 Å². The molecule has 3 heteroatoms. The molecule has 3 nitrogen and oxygen atoms in total. The van der Waals surface area contributed by atoms with Gasteiger partial charge in [-0.3, -0.25) is 5.01 Å². The van der Waals surface area contributed by atoms with E-state index in [2.05, 4.69) is 56.6 Å². The lowest BCUT2D eigenvalue weighted by Crippen LogP contribution is -2.45. The van der Waals surface area contributed by atoms with Gasteiger partial charge >= 0.3 is 0 Å². The van der Waals surface area contributed by atoms with Gasteiger partial charge < -0.3 is 4.90 Å². The van der Waals surface area contributed by atoms with Crippen LogP contribution in [0.2, 0.25) is 0 Å². The zero-order valence-electron chi connectivity index (χ0n) is 13.8. The Morgan fingerprint density at radius 3 is 2.37 bits per heavy atom. The van der Waals surface area contributed by atoms with E-state index >= 15 is 0 Å². The monoisotopic (exact) mass is 267 g/mol. The second kappa shape index (κ2) is 7.16. The molecule has 0 amide bonds. The summed E-state index contributed by atoms with van der Waals surface area (Å²) in [5.41, 5.74) is 0.340. The number of rotatable bonds is 7. The average Bonchev–Trinajstić information content (AvgIpc) is 2.65. The molecule has 0 spiro atoms. The molecule has 112 valence electrons. The third-order valence-electron chi connectivity index (χ3n) is 3.65. The van der Waals surface area contributed by atoms with E-state index in [4.69, 9.17) is 0 Å². The summed E-state index contributed by atoms with van der Waals surface area (Å²) in [5.74, 6) is 0. The normalized spacial score (nSPS) is 19.8. The van der Waals surface area contributed by atoms with Crippen LogP contribution in [-0.2, 0) is 0 Å². The molecule has 0 aromatic rings. The minimum atomic E-state index is 0.340. The summed E-state index contributed by atoms with van der Waals surface area (Å²) in [7, 11) is 0. The molecule has 0 saturated heterocycles. The van der Waals surface area contributed by atoms with Gasteiger partial charge in [-0.15, -0.1) is 0 Å². The Balaban J connectivity index is 2.56. The Bertz CT molecular complexity index is 278. The highest BCUT2D eigenvalue weighted by molar-refractivity contribution is 5.57. The maximum atomic E-state index is 4.64. The molecule has 0 aromatic heterocycles. The second-order valence-corrected chi connectivity index (χ2v) is 7.24. The van der Waals surface area contributed by atoms with E-state index in [9.17, 15) is 0 Å². The van der Waals surface area contributed by atoms with Gasteiger partial charge in [-0.2, -0.15) is 5.10 Å². The maximum Gasteiger partial charge on any atom is 0.119 e. The van der Waals surface area contributed by atoms with Crippen LogP contribution in [0.5, 0.6) is 0 Å². The Labute approximate surface area is 120 Å². The first-order valence-electron chi connectivity index (χ1n) is 7.93. The van der Waals surface area contributed by atoms with E-state index in [0.717, 1.165) is 6.54 Å². The zero-order valence-corrected chi connectivity index (χ0v) is 13.8. The lowest BCUT2D eigenvalue weighted by Gasteiger charge is -2.37. The maximum absolute atomic E-state index is 4.64. The van der Waals surface area contributed by atoms with Crippen LogP contribution in [-0.4, -0.2) is 35.0 Å². The fourth-order valence-electron chi connectivity index (χ4n) is 2.58. The van der Waals surface area contributed by atoms with Crippen molar-refractivity contribution >= 4 is 6.34 Å². The summed E-state index contributed by atoms with van der Waals surface area (Å²) in [4.78, 5) is 2.41. The molecule has 0 aromatic carbocycles. The lowest BCUT2D eigenvalue weighted by molar-refractivity contribution is 0.0725. The topological polar surface area (TPSA) is 18.8 Å². The molecule has 1 heterocycles. The molecule has 1 rings (SSSR count). The number of hydrogen-bond acceptors (Lipinski definition) is 3. The van der Waals surface area contributed by atoms with E-state index in [-0.39, 0.29) is 0 Å². The van der Waals surface area contributed by atoms with Crippen LogP contribution in [0.4, 0.5) is 0 Å². The fraction of sp³-hybridized carbons (Fsp3) is 0.938. The average molecular weight is 267 g/mol. The van der Waals surface area contributed by atoms with Gasteiger partial charge in [0.1, 0.15) is 12.5 Å². The molecule has 0 saturated carbocycles. The molecular formula is C16H33N3. The first-order chi connectivity index (χ1) is 8.85. The van der Waals surface area contributed by atoms with Crippen molar-refractivity contribution in [3.05, 3.63) is 0 Å². The Hall–Kier alpha value is -0.730. The van der Waals surface area contributed by atoms with Crippen LogP contribution in [0.3, 0.4) is 0 Å². The summed E-state index contributed by atoms with van der Waals surface area (Å²) < 4.78 is 0. The summed E-state index contributed by atoms with van der Waals surface area (Å²) in [5, 5.41) is 6.94. The third-order valence-corrected chi connectivity index (χ3v) is 3.65. The smallest absolute Gasteiger partial charge is 0.119 e. The predicted octanol–water partition coefficient (Wildman–Crippen LogP) is 4.30. The summed E-state index contributed by atoms with van der Waals surface area (Å²) in [6, 6.07) is 0.525. The first kappa shape index (κ1) is 16.3. The quantitative estimate of drug-likeness (QED) is 0.640. The van der Waals surface area contributed by atoms with Crippen LogP contribution in [0.1, 0.15) is 73.6 Å². The molecule has 0 fully saturated rings. The lowest BCUT2D eigenvalue weighted by atomic mass is 9.90. The Kier molecular flexibility index (Phi) is 6.15. The molecule has 0 aliphatic carbocycles. The van der Waals surface area contributed by atoms with Crippen molar-refractivity contribution < 1.29 is 0 Å². The zero-order chi connectivity index (χ0) is 14.5. The van der Waals surface area contributed by atoms with E-state index in [1.54, 1.807) is 0 Å². The molecule has 1 aliphatic rings. The molecule has 1 atom stereocenters. The van der Waals surface area contributed by atoms with Gasteiger partial charge in [0.15, 0.2) is 0 Å². The number of unbranched alkanes of at least 4 members (excludes halogenated alkanes) is 3. The highest BCUT2D eigenvalue weighted by Gasteiger charge is 2.32. The molecular weight excluding hydrogens is 234 g/mol. The van der Waals surface area contributed by atoms with Crippen LogP contribution >= 0.6 is 0 Å². The summed E-state index contributed by atoms with van der Waals surface area (Å²) in [6.07, 6.45) is 8.88. The van der Waals surface area contributed by atoms with Crippen LogP contribution in [0, 0.1) is 5.41 Å². The number of hydrogen-bond donors (Lipinski definition) is 0. The number of hydrazone groups is 1. The van der Waals surface area contributed by atoms with E-state index in [1.807, 2.05) is 6.34 Å². The first-order valence-corrected chi connectivity index (χ1v) is 7.93. The molecule has 1 aliphatic heterocycles. The SMILES string of the molecule is CCCCCCN1N=CN(C(C)C)C1CC(C)(C)C. The van der Waals surface area contributed by atoms with Crippen molar-refractivity contribution in [1.82, 2.24) is 9.91 Å². The Morgan fingerprint density at radius 2 is 1.84 bits per heavy atom. The molecule has 0 N–H and O–H groups in total. The third kappa shape index (κ3) is 5.42. The minimum absolute atomic E-state index is 0.340. The van der Waals surface area contributed by atoms with Crippen LogP contribution < -0.4 is 0 Å². The van der Waals surface area contributed by atoms with Crippen molar-refractivity contribution in [2.24, 2.45) is 10.5 Å². The van der Waals surface area contributed by atoms with Gasteiger partial charge in [-0.1, -0.05) is 47.0 Å². The Morgan fingerprint density at radius 1 is 1.16 bits per heavy atom. The predicted molar refractivity (Wildman–Crippen MR) is 84.2 cm³/mol. The molecule has 1 unspecified atom stereocenters. The van der Waals surface area contributed by atoms with Crippen molar-refractivity contribution in [1.29, 1.82) is 0 Å². The van der Waals surface area contributed by atoms with E-state index < -0.39 is 0 Å². The van der Waals surface area contributed by atoms with Gasteiger partial charge in [-0.05, 0) is 32.1 Å².